The van der Waals surface area contributed by atoms with Crippen LogP contribution in [0.2, 0.25) is 0 Å². The third kappa shape index (κ3) is 2.28. The van der Waals surface area contributed by atoms with Gasteiger partial charge in [-0.1, -0.05) is 46.5 Å². The van der Waals surface area contributed by atoms with Gasteiger partial charge in [-0.3, -0.25) is 0 Å². The van der Waals surface area contributed by atoms with Crippen molar-refractivity contribution in [1.29, 1.82) is 0 Å². The van der Waals surface area contributed by atoms with Gasteiger partial charge in [0.1, 0.15) is 0 Å². The lowest BCUT2D eigenvalue weighted by molar-refractivity contribution is 0.0477. The quantitative estimate of drug-likeness (QED) is 0.716. The Labute approximate surface area is 99.7 Å². The normalized spacial score (nSPS) is 38.2. The molecule has 0 N–H and O–H groups in total. The first-order chi connectivity index (χ1) is 7.77. The summed E-state index contributed by atoms with van der Waals surface area (Å²) in [5, 5.41) is 0. The molecule has 0 radical (unpaired) electrons. The number of rotatable bonds is 5. The molecule has 2 aliphatic rings. The fourth-order valence-corrected chi connectivity index (χ4v) is 3.44. The van der Waals surface area contributed by atoms with Gasteiger partial charge < -0.3 is 9.47 Å². The fraction of sp³-hybridized carbons (Fsp3) is 1.00. The zero-order valence-corrected chi connectivity index (χ0v) is 10.9. The number of ether oxygens (including phenoxy) is 2. The summed E-state index contributed by atoms with van der Waals surface area (Å²) in [6.45, 7) is 8.66. The van der Waals surface area contributed by atoms with Crippen molar-refractivity contribution in [2.24, 2.45) is 17.8 Å². The number of fused-ring (bicyclic) bond motifs is 1. The van der Waals surface area contributed by atoms with Crippen LogP contribution in [0, 0.1) is 17.8 Å². The Morgan fingerprint density at radius 2 is 1.62 bits per heavy atom. The minimum Gasteiger partial charge on any atom is -0.375 e. The molecule has 0 unspecified atom stereocenters. The Hall–Kier alpha value is -0.0800. The van der Waals surface area contributed by atoms with Crippen molar-refractivity contribution >= 4 is 0 Å². The largest absolute Gasteiger partial charge is 0.375 e. The zero-order chi connectivity index (χ0) is 11.5. The molecule has 0 aromatic rings. The van der Waals surface area contributed by atoms with Crippen LogP contribution >= 0.6 is 0 Å². The summed E-state index contributed by atoms with van der Waals surface area (Å²) in [5.74, 6) is 2.07. The van der Waals surface area contributed by atoms with E-state index in [2.05, 4.69) is 20.8 Å². The van der Waals surface area contributed by atoms with Crippen LogP contribution < -0.4 is 0 Å². The highest BCUT2D eigenvalue weighted by Gasteiger charge is 2.47. The molecule has 2 heterocycles. The molecule has 0 aromatic carbocycles. The molecule has 0 spiro atoms. The molecule has 94 valence electrons. The van der Waals surface area contributed by atoms with Crippen LogP contribution in [0.3, 0.4) is 0 Å². The van der Waals surface area contributed by atoms with Crippen molar-refractivity contribution in [1.82, 2.24) is 0 Å². The average molecular weight is 226 g/mol. The third-order valence-electron chi connectivity index (χ3n) is 4.26. The van der Waals surface area contributed by atoms with Crippen LogP contribution in [0.25, 0.3) is 0 Å². The molecule has 2 nitrogen and oxygen atoms in total. The maximum absolute atomic E-state index is 5.95. The highest BCUT2D eigenvalue weighted by atomic mass is 16.6. The lowest BCUT2D eigenvalue weighted by Crippen LogP contribution is -2.30. The Kier molecular flexibility index (Phi) is 4.26. The van der Waals surface area contributed by atoms with E-state index in [1.54, 1.807) is 0 Å². The first kappa shape index (κ1) is 12.4. The maximum atomic E-state index is 5.95. The van der Waals surface area contributed by atoms with Gasteiger partial charge in [-0.15, -0.1) is 0 Å². The minimum atomic E-state index is 0.390. The van der Waals surface area contributed by atoms with Crippen molar-refractivity contribution in [3.8, 4) is 0 Å². The van der Waals surface area contributed by atoms with Crippen molar-refractivity contribution in [3.63, 3.8) is 0 Å². The SMILES string of the molecule is CCCC(CCC)[C@H]1CO[C@H]2[C@@H]1OC[C@H]2C. The van der Waals surface area contributed by atoms with E-state index in [9.17, 15) is 0 Å². The molecule has 0 amide bonds. The standard InChI is InChI=1S/C14H26O2/c1-4-6-11(7-5-2)12-9-16-13-10(3)8-15-14(12)13/h10-14H,4-9H2,1-3H3/t10-,12-,13-,14-/m1/s1. The van der Waals surface area contributed by atoms with Gasteiger partial charge in [0.25, 0.3) is 0 Å². The van der Waals surface area contributed by atoms with Crippen molar-refractivity contribution in [3.05, 3.63) is 0 Å². The van der Waals surface area contributed by atoms with E-state index in [4.69, 9.17) is 9.47 Å². The van der Waals surface area contributed by atoms with Gasteiger partial charge >= 0.3 is 0 Å². The molecule has 0 saturated carbocycles. The van der Waals surface area contributed by atoms with Crippen LogP contribution in [0.5, 0.6) is 0 Å². The van der Waals surface area contributed by atoms with Crippen molar-refractivity contribution in [2.45, 2.75) is 58.7 Å². The molecule has 16 heavy (non-hydrogen) atoms. The Morgan fingerprint density at radius 1 is 1.00 bits per heavy atom. The van der Waals surface area contributed by atoms with Gasteiger partial charge in [0.2, 0.25) is 0 Å². The van der Waals surface area contributed by atoms with Crippen LogP contribution in [-0.2, 0) is 9.47 Å². The molecule has 2 saturated heterocycles. The zero-order valence-electron chi connectivity index (χ0n) is 10.9. The Morgan fingerprint density at radius 3 is 2.25 bits per heavy atom. The summed E-state index contributed by atoms with van der Waals surface area (Å²) in [7, 11) is 0. The summed E-state index contributed by atoms with van der Waals surface area (Å²) in [6, 6.07) is 0. The van der Waals surface area contributed by atoms with Gasteiger partial charge in [0.05, 0.1) is 25.4 Å². The van der Waals surface area contributed by atoms with E-state index < -0.39 is 0 Å². The lowest BCUT2D eigenvalue weighted by atomic mass is 9.81. The van der Waals surface area contributed by atoms with Crippen molar-refractivity contribution in [2.75, 3.05) is 13.2 Å². The molecule has 2 aliphatic heterocycles. The van der Waals surface area contributed by atoms with E-state index in [-0.39, 0.29) is 0 Å². The van der Waals surface area contributed by atoms with Crippen molar-refractivity contribution < 1.29 is 9.47 Å². The average Bonchev–Trinajstić information content (AvgIpc) is 2.82. The van der Waals surface area contributed by atoms with E-state index in [1.165, 1.54) is 25.7 Å². The Balaban J connectivity index is 1.97. The second kappa shape index (κ2) is 5.50. The smallest absolute Gasteiger partial charge is 0.0893 e. The van der Waals surface area contributed by atoms with Crippen LogP contribution in [0.1, 0.15) is 46.5 Å². The molecule has 2 heteroatoms. The summed E-state index contributed by atoms with van der Waals surface area (Å²) >= 11 is 0. The monoisotopic (exact) mass is 226 g/mol. The van der Waals surface area contributed by atoms with Crippen LogP contribution in [0.15, 0.2) is 0 Å². The van der Waals surface area contributed by atoms with Gasteiger partial charge in [0, 0.05) is 11.8 Å². The van der Waals surface area contributed by atoms with Crippen LogP contribution in [0.4, 0.5) is 0 Å². The second-order valence-corrected chi connectivity index (χ2v) is 5.57. The van der Waals surface area contributed by atoms with E-state index in [0.717, 1.165) is 19.1 Å². The lowest BCUT2D eigenvalue weighted by Gasteiger charge is -2.25. The fourth-order valence-electron chi connectivity index (χ4n) is 3.44. The molecule has 4 atom stereocenters. The molecular weight excluding hydrogens is 200 g/mol. The highest BCUT2D eigenvalue weighted by Crippen LogP contribution is 2.40. The number of hydrogen-bond donors (Lipinski definition) is 0. The second-order valence-electron chi connectivity index (χ2n) is 5.57. The topological polar surface area (TPSA) is 18.5 Å². The third-order valence-corrected chi connectivity index (χ3v) is 4.26. The summed E-state index contributed by atoms with van der Waals surface area (Å²) in [4.78, 5) is 0. The van der Waals surface area contributed by atoms with E-state index in [0.29, 0.717) is 24.0 Å². The number of hydrogen-bond acceptors (Lipinski definition) is 2. The highest BCUT2D eigenvalue weighted by molar-refractivity contribution is 4.94. The van der Waals surface area contributed by atoms with E-state index in [1.807, 2.05) is 0 Å². The minimum absolute atomic E-state index is 0.390. The van der Waals surface area contributed by atoms with Crippen LogP contribution in [-0.4, -0.2) is 25.4 Å². The molecule has 0 bridgehead atoms. The summed E-state index contributed by atoms with van der Waals surface area (Å²) in [6.07, 6.45) is 6.03. The summed E-state index contributed by atoms with van der Waals surface area (Å²) in [5.41, 5.74) is 0. The Bertz CT molecular complexity index is 211. The van der Waals surface area contributed by atoms with Gasteiger partial charge in [-0.05, 0) is 5.92 Å². The molecule has 0 aromatic heterocycles. The van der Waals surface area contributed by atoms with E-state index >= 15 is 0 Å². The molecule has 2 rings (SSSR count). The molecule has 2 fully saturated rings. The summed E-state index contributed by atoms with van der Waals surface area (Å²) < 4.78 is 11.9. The molecule has 0 aliphatic carbocycles. The maximum Gasteiger partial charge on any atom is 0.0893 e. The predicted molar refractivity (Wildman–Crippen MR) is 65.4 cm³/mol. The van der Waals surface area contributed by atoms with Gasteiger partial charge in [0.15, 0.2) is 0 Å². The predicted octanol–water partition coefficient (Wildman–Crippen LogP) is 3.25. The first-order valence-corrected chi connectivity index (χ1v) is 7.01. The molecular formula is C14H26O2. The van der Waals surface area contributed by atoms with Gasteiger partial charge in [-0.25, -0.2) is 0 Å². The first-order valence-electron chi connectivity index (χ1n) is 7.01. The van der Waals surface area contributed by atoms with Gasteiger partial charge in [-0.2, -0.15) is 0 Å².